The Morgan fingerprint density at radius 1 is 1.47 bits per heavy atom. The molecule has 1 rings (SSSR count). The molecular formula is C9H18N2O2S2. The Labute approximate surface area is 96.9 Å². The summed E-state index contributed by atoms with van der Waals surface area (Å²) >= 11 is 4.66. The van der Waals surface area contributed by atoms with E-state index < -0.39 is 10.0 Å². The SMILES string of the molecule is CC1CCCCCN1S(=O)(=O)CC(N)=S. The number of hydrogen-bond donors (Lipinski definition) is 1. The molecule has 1 atom stereocenters. The first kappa shape index (κ1) is 12.9. The zero-order valence-electron chi connectivity index (χ0n) is 8.98. The van der Waals surface area contributed by atoms with Crippen LogP contribution in [0, 0.1) is 0 Å². The van der Waals surface area contributed by atoms with Crippen LogP contribution in [-0.2, 0) is 10.0 Å². The quantitative estimate of drug-likeness (QED) is 0.755. The normalized spacial score (nSPS) is 24.7. The third-order valence-electron chi connectivity index (χ3n) is 2.67. The highest BCUT2D eigenvalue weighted by Crippen LogP contribution is 2.19. The van der Waals surface area contributed by atoms with E-state index in [0.717, 1.165) is 25.7 Å². The molecule has 0 aromatic heterocycles. The molecule has 0 radical (unpaired) electrons. The van der Waals surface area contributed by atoms with Gasteiger partial charge in [0.15, 0.2) is 0 Å². The van der Waals surface area contributed by atoms with Crippen LogP contribution >= 0.6 is 12.2 Å². The number of sulfonamides is 1. The lowest BCUT2D eigenvalue weighted by Crippen LogP contribution is -2.42. The van der Waals surface area contributed by atoms with E-state index in [-0.39, 0.29) is 16.8 Å². The summed E-state index contributed by atoms with van der Waals surface area (Å²) in [7, 11) is -3.29. The van der Waals surface area contributed by atoms with Crippen LogP contribution in [0.3, 0.4) is 0 Å². The van der Waals surface area contributed by atoms with E-state index in [1.165, 1.54) is 0 Å². The maximum Gasteiger partial charge on any atom is 0.220 e. The van der Waals surface area contributed by atoms with E-state index in [1.54, 1.807) is 4.31 Å². The fourth-order valence-electron chi connectivity index (χ4n) is 1.92. The Morgan fingerprint density at radius 3 is 2.73 bits per heavy atom. The maximum atomic E-state index is 11.9. The van der Waals surface area contributed by atoms with Crippen molar-refractivity contribution in [2.24, 2.45) is 5.73 Å². The van der Waals surface area contributed by atoms with Crippen LogP contribution in [0.2, 0.25) is 0 Å². The molecule has 0 bridgehead atoms. The van der Waals surface area contributed by atoms with Gasteiger partial charge in [-0.1, -0.05) is 25.1 Å². The molecule has 1 aliphatic heterocycles. The third-order valence-corrected chi connectivity index (χ3v) is 4.93. The van der Waals surface area contributed by atoms with Crippen molar-refractivity contribution in [1.29, 1.82) is 0 Å². The van der Waals surface area contributed by atoms with E-state index in [0.29, 0.717) is 6.54 Å². The van der Waals surface area contributed by atoms with Crippen molar-refractivity contribution in [3.05, 3.63) is 0 Å². The van der Waals surface area contributed by atoms with Gasteiger partial charge >= 0.3 is 0 Å². The van der Waals surface area contributed by atoms with Crippen LogP contribution in [0.5, 0.6) is 0 Å². The number of rotatable bonds is 3. The van der Waals surface area contributed by atoms with Gasteiger partial charge in [-0.15, -0.1) is 0 Å². The molecule has 1 fully saturated rings. The van der Waals surface area contributed by atoms with Gasteiger partial charge in [0.2, 0.25) is 10.0 Å². The van der Waals surface area contributed by atoms with Crippen LogP contribution in [0.15, 0.2) is 0 Å². The van der Waals surface area contributed by atoms with Gasteiger partial charge in [0.25, 0.3) is 0 Å². The molecule has 6 heteroatoms. The summed E-state index contributed by atoms with van der Waals surface area (Å²) < 4.78 is 25.4. The van der Waals surface area contributed by atoms with Gasteiger partial charge in [-0.3, -0.25) is 0 Å². The van der Waals surface area contributed by atoms with Crippen LogP contribution in [-0.4, -0.2) is 36.1 Å². The molecule has 2 N–H and O–H groups in total. The van der Waals surface area contributed by atoms with Crippen LogP contribution in [0.4, 0.5) is 0 Å². The number of nitrogens with two attached hydrogens (primary N) is 1. The van der Waals surface area contributed by atoms with Crippen molar-refractivity contribution in [3.8, 4) is 0 Å². The lowest BCUT2D eigenvalue weighted by Gasteiger charge is -2.25. The molecule has 88 valence electrons. The monoisotopic (exact) mass is 250 g/mol. The predicted octanol–water partition coefficient (Wildman–Crippen LogP) is 0.867. The van der Waals surface area contributed by atoms with Gasteiger partial charge in [0.1, 0.15) is 5.75 Å². The molecule has 0 spiro atoms. The number of hydrogen-bond acceptors (Lipinski definition) is 3. The largest absolute Gasteiger partial charge is 0.392 e. The van der Waals surface area contributed by atoms with E-state index in [9.17, 15) is 8.42 Å². The molecule has 0 amide bonds. The Morgan fingerprint density at radius 2 is 2.13 bits per heavy atom. The molecule has 4 nitrogen and oxygen atoms in total. The molecular weight excluding hydrogens is 232 g/mol. The van der Waals surface area contributed by atoms with Crippen molar-refractivity contribution in [1.82, 2.24) is 4.31 Å². The Hall–Kier alpha value is -0.200. The molecule has 1 aliphatic rings. The fraction of sp³-hybridized carbons (Fsp3) is 0.889. The first-order valence-corrected chi connectivity index (χ1v) is 7.23. The minimum Gasteiger partial charge on any atom is -0.392 e. The summed E-state index contributed by atoms with van der Waals surface area (Å²) in [6.45, 7) is 2.55. The van der Waals surface area contributed by atoms with Gasteiger partial charge in [0, 0.05) is 12.6 Å². The lowest BCUT2D eigenvalue weighted by molar-refractivity contribution is 0.344. The summed E-state index contributed by atoms with van der Waals surface area (Å²) in [6.07, 6.45) is 4.06. The molecule has 1 unspecified atom stereocenters. The molecule has 0 saturated carbocycles. The van der Waals surface area contributed by atoms with Gasteiger partial charge in [0.05, 0.1) is 4.99 Å². The predicted molar refractivity (Wildman–Crippen MR) is 65.2 cm³/mol. The van der Waals surface area contributed by atoms with Crippen molar-refractivity contribution in [2.75, 3.05) is 12.3 Å². The second-order valence-corrected chi connectivity index (χ2v) is 6.48. The minimum absolute atomic E-state index is 0.0476. The average molecular weight is 250 g/mol. The number of thiocarbonyl (C=S) groups is 1. The van der Waals surface area contributed by atoms with Crippen molar-refractivity contribution in [2.45, 2.75) is 38.6 Å². The van der Waals surface area contributed by atoms with Crippen LogP contribution in [0.1, 0.15) is 32.6 Å². The van der Waals surface area contributed by atoms with E-state index in [4.69, 9.17) is 5.73 Å². The topological polar surface area (TPSA) is 63.4 Å². The Bertz CT molecular complexity index is 327. The van der Waals surface area contributed by atoms with Crippen LogP contribution in [0.25, 0.3) is 0 Å². The second-order valence-electron chi connectivity index (χ2n) is 4.03. The van der Waals surface area contributed by atoms with Crippen molar-refractivity contribution in [3.63, 3.8) is 0 Å². The minimum atomic E-state index is -3.29. The van der Waals surface area contributed by atoms with Crippen molar-refractivity contribution >= 4 is 27.2 Å². The first-order chi connectivity index (χ1) is 6.93. The molecule has 0 aromatic rings. The van der Waals surface area contributed by atoms with Gasteiger partial charge in [-0.25, -0.2) is 8.42 Å². The molecule has 0 aromatic carbocycles. The zero-order valence-corrected chi connectivity index (χ0v) is 10.6. The summed E-state index contributed by atoms with van der Waals surface area (Å²) in [5.74, 6) is -0.202. The summed E-state index contributed by atoms with van der Waals surface area (Å²) in [4.78, 5) is 0.0476. The summed E-state index contributed by atoms with van der Waals surface area (Å²) in [5.41, 5.74) is 5.30. The van der Waals surface area contributed by atoms with Gasteiger partial charge < -0.3 is 5.73 Å². The summed E-state index contributed by atoms with van der Waals surface area (Å²) in [5, 5.41) is 0. The number of nitrogens with zero attached hydrogens (tertiary/aromatic N) is 1. The standard InChI is InChI=1S/C9H18N2O2S2/c1-8-5-3-2-4-6-11(8)15(12,13)7-9(10)14/h8H,2-7H2,1H3,(H2,10,14). The highest BCUT2D eigenvalue weighted by atomic mass is 32.2. The van der Waals surface area contributed by atoms with E-state index >= 15 is 0 Å². The smallest absolute Gasteiger partial charge is 0.220 e. The van der Waals surface area contributed by atoms with Crippen LogP contribution < -0.4 is 5.73 Å². The molecule has 0 aliphatic carbocycles. The molecule has 1 heterocycles. The third kappa shape index (κ3) is 3.70. The molecule has 1 saturated heterocycles. The first-order valence-electron chi connectivity index (χ1n) is 5.21. The lowest BCUT2D eigenvalue weighted by atomic mass is 10.1. The van der Waals surface area contributed by atoms with E-state index in [1.807, 2.05) is 6.92 Å². The van der Waals surface area contributed by atoms with Crippen molar-refractivity contribution < 1.29 is 8.42 Å². The fourth-order valence-corrected chi connectivity index (χ4v) is 3.96. The average Bonchev–Trinajstić information content (AvgIpc) is 2.27. The molecule has 15 heavy (non-hydrogen) atoms. The highest BCUT2D eigenvalue weighted by molar-refractivity contribution is 7.92. The van der Waals surface area contributed by atoms with Gasteiger partial charge in [-0.2, -0.15) is 4.31 Å². The Kier molecular flexibility index (Phi) is 4.48. The van der Waals surface area contributed by atoms with E-state index in [2.05, 4.69) is 12.2 Å². The zero-order chi connectivity index (χ0) is 11.5. The Balaban J connectivity index is 2.78. The maximum absolute atomic E-state index is 11.9. The second kappa shape index (κ2) is 5.23. The van der Waals surface area contributed by atoms with Gasteiger partial charge in [-0.05, 0) is 19.8 Å². The summed E-state index contributed by atoms with van der Waals surface area (Å²) in [6, 6.07) is 0.0758. The highest BCUT2D eigenvalue weighted by Gasteiger charge is 2.28.